The normalized spacial score (nSPS) is 8.70. The van der Waals surface area contributed by atoms with Crippen LogP contribution in [0.5, 0.6) is 0 Å². The van der Waals surface area contributed by atoms with Gasteiger partial charge in [0, 0.05) is 11.9 Å². The number of nitrogens with zero attached hydrogens (tertiary/aromatic N) is 1. The summed E-state index contributed by atoms with van der Waals surface area (Å²) in [5.41, 5.74) is 1.18. The van der Waals surface area contributed by atoms with Gasteiger partial charge in [0.05, 0.1) is 0 Å². The molecular formula is C19H29N. The SMILES string of the molecule is C=CC.C=CC=C.CCC/C=C/CCc1ccccn1. The first-order valence-corrected chi connectivity index (χ1v) is 7.12. The fourth-order valence-electron chi connectivity index (χ4n) is 1.18. The number of hydrogen-bond acceptors (Lipinski definition) is 1. The third-order valence-electron chi connectivity index (χ3n) is 2.08. The Hall–Kier alpha value is -1.89. The van der Waals surface area contributed by atoms with Crippen LogP contribution in [0.25, 0.3) is 0 Å². The van der Waals surface area contributed by atoms with Crippen LogP contribution in [0.1, 0.15) is 38.8 Å². The zero-order valence-electron chi connectivity index (χ0n) is 13.1. The average molecular weight is 271 g/mol. The summed E-state index contributed by atoms with van der Waals surface area (Å²) >= 11 is 0. The van der Waals surface area contributed by atoms with E-state index in [0.717, 1.165) is 12.8 Å². The van der Waals surface area contributed by atoms with E-state index in [2.05, 4.69) is 49.9 Å². The molecule has 1 heteroatoms. The van der Waals surface area contributed by atoms with Crippen molar-refractivity contribution < 1.29 is 0 Å². The predicted octanol–water partition coefficient (Wildman–Crippen LogP) is 5.92. The van der Waals surface area contributed by atoms with Gasteiger partial charge in [-0.1, -0.05) is 62.9 Å². The zero-order chi connectivity index (χ0) is 15.5. The largest absolute Gasteiger partial charge is 0.261 e. The number of hydrogen-bond donors (Lipinski definition) is 0. The molecule has 0 bridgehead atoms. The Kier molecular flexibility index (Phi) is 19.9. The molecule has 0 saturated heterocycles. The van der Waals surface area contributed by atoms with Crippen LogP contribution in [0, 0.1) is 0 Å². The van der Waals surface area contributed by atoms with Gasteiger partial charge in [-0.3, -0.25) is 4.98 Å². The van der Waals surface area contributed by atoms with Gasteiger partial charge in [0.2, 0.25) is 0 Å². The standard InChI is InChI=1S/C12H17N.C4H6.C3H6/c1-2-3-4-5-6-9-12-10-7-8-11-13-12;1-3-4-2;1-3-2/h4-5,7-8,10-11H,2-3,6,9H2,1H3;3-4H,1-2H2;3H,1H2,2H3/b5-4+;;. The quantitative estimate of drug-likeness (QED) is 0.462. The first-order valence-electron chi connectivity index (χ1n) is 7.12. The number of allylic oxidation sites excluding steroid dienone is 5. The Bertz CT molecular complexity index is 343. The first-order chi connectivity index (χ1) is 9.76. The van der Waals surface area contributed by atoms with Crippen molar-refractivity contribution in [3.05, 3.63) is 80.2 Å². The maximum absolute atomic E-state index is 4.26. The van der Waals surface area contributed by atoms with Crippen molar-refractivity contribution in [2.45, 2.75) is 39.5 Å². The number of rotatable bonds is 6. The lowest BCUT2D eigenvalue weighted by molar-refractivity contribution is 0.917. The van der Waals surface area contributed by atoms with Gasteiger partial charge in [-0.2, -0.15) is 0 Å². The molecule has 1 aromatic heterocycles. The van der Waals surface area contributed by atoms with Crippen molar-refractivity contribution in [2.24, 2.45) is 0 Å². The molecule has 110 valence electrons. The van der Waals surface area contributed by atoms with Crippen LogP contribution in [0.4, 0.5) is 0 Å². The first kappa shape index (κ1) is 20.4. The zero-order valence-corrected chi connectivity index (χ0v) is 13.1. The Morgan fingerprint density at radius 3 is 2.10 bits per heavy atom. The summed E-state index contributed by atoms with van der Waals surface area (Å²) in [5.74, 6) is 0. The van der Waals surface area contributed by atoms with Crippen LogP contribution in [-0.2, 0) is 6.42 Å². The van der Waals surface area contributed by atoms with Gasteiger partial charge >= 0.3 is 0 Å². The van der Waals surface area contributed by atoms with Gasteiger partial charge in [0.15, 0.2) is 0 Å². The molecule has 1 heterocycles. The molecule has 20 heavy (non-hydrogen) atoms. The highest BCUT2D eigenvalue weighted by atomic mass is 14.7. The molecular weight excluding hydrogens is 242 g/mol. The van der Waals surface area contributed by atoms with Gasteiger partial charge in [-0.15, -0.1) is 6.58 Å². The fraction of sp³-hybridized carbons (Fsp3) is 0.316. The summed E-state index contributed by atoms with van der Waals surface area (Å²) in [4.78, 5) is 4.26. The van der Waals surface area contributed by atoms with Crippen LogP contribution in [-0.4, -0.2) is 4.98 Å². The Balaban J connectivity index is 0. The van der Waals surface area contributed by atoms with Crippen LogP contribution in [0.3, 0.4) is 0 Å². The predicted molar refractivity (Wildman–Crippen MR) is 92.9 cm³/mol. The third-order valence-corrected chi connectivity index (χ3v) is 2.08. The van der Waals surface area contributed by atoms with E-state index < -0.39 is 0 Å². The summed E-state index contributed by atoms with van der Waals surface area (Å²) in [6.45, 7) is 14.2. The Morgan fingerprint density at radius 2 is 1.65 bits per heavy atom. The monoisotopic (exact) mass is 271 g/mol. The summed E-state index contributed by atoms with van der Waals surface area (Å²) < 4.78 is 0. The molecule has 1 nitrogen and oxygen atoms in total. The van der Waals surface area contributed by atoms with Crippen molar-refractivity contribution in [3.8, 4) is 0 Å². The van der Waals surface area contributed by atoms with E-state index >= 15 is 0 Å². The number of unbranched alkanes of at least 4 members (excludes halogenated alkanes) is 1. The van der Waals surface area contributed by atoms with E-state index in [1.54, 1.807) is 18.2 Å². The lowest BCUT2D eigenvalue weighted by Gasteiger charge is -1.94. The molecule has 0 unspecified atom stereocenters. The second-order valence-corrected chi connectivity index (χ2v) is 4.00. The van der Waals surface area contributed by atoms with E-state index in [-0.39, 0.29) is 0 Å². The molecule has 0 aromatic carbocycles. The fourth-order valence-corrected chi connectivity index (χ4v) is 1.18. The lowest BCUT2D eigenvalue weighted by atomic mass is 10.2. The summed E-state index contributed by atoms with van der Waals surface area (Å²) in [6.07, 6.45) is 16.0. The van der Waals surface area contributed by atoms with E-state index in [0.29, 0.717) is 0 Å². The van der Waals surface area contributed by atoms with E-state index in [1.807, 2.05) is 25.3 Å². The maximum atomic E-state index is 4.26. The molecule has 0 amide bonds. The highest BCUT2D eigenvalue weighted by molar-refractivity contribution is 5.04. The van der Waals surface area contributed by atoms with Gasteiger partial charge in [-0.25, -0.2) is 0 Å². The highest BCUT2D eigenvalue weighted by Gasteiger charge is 1.88. The third kappa shape index (κ3) is 18.5. The van der Waals surface area contributed by atoms with E-state index in [9.17, 15) is 0 Å². The molecule has 0 atom stereocenters. The van der Waals surface area contributed by atoms with E-state index in [1.165, 1.54) is 18.5 Å². The molecule has 0 saturated carbocycles. The molecule has 0 aliphatic heterocycles. The molecule has 0 fully saturated rings. The minimum atomic E-state index is 1.06. The second-order valence-electron chi connectivity index (χ2n) is 4.00. The van der Waals surface area contributed by atoms with Crippen molar-refractivity contribution in [1.29, 1.82) is 0 Å². The minimum absolute atomic E-state index is 1.06. The van der Waals surface area contributed by atoms with Crippen LogP contribution in [0.2, 0.25) is 0 Å². The molecule has 1 aromatic rings. The van der Waals surface area contributed by atoms with Crippen molar-refractivity contribution in [2.75, 3.05) is 0 Å². The summed E-state index contributed by atoms with van der Waals surface area (Å²) in [6, 6.07) is 6.07. The molecule has 0 N–H and O–H groups in total. The lowest BCUT2D eigenvalue weighted by Crippen LogP contribution is -1.86. The molecule has 1 rings (SSSR count). The van der Waals surface area contributed by atoms with Crippen molar-refractivity contribution in [1.82, 2.24) is 4.98 Å². The Morgan fingerprint density at radius 1 is 1.05 bits per heavy atom. The molecule has 0 spiro atoms. The summed E-state index contributed by atoms with van der Waals surface area (Å²) in [5, 5.41) is 0. The van der Waals surface area contributed by atoms with Crippen LogP contribution in [0.15, 0.2) is 74.5 Å². The average Bonchev–Trinajstić information content (AvgIpc) is 2.49. The molecule has 0 aliphatic carbocycles. The number of pyridine rings is 1. The second kappa shape index (κ2) is 19.4. The van der Waals surface area contributed by atoms with Crippen LogP contribution < -0.4 is 0 Å². The van der Waals surface area contributed by atoms with E-state index in [4.69, 9.17) is 0 Å². The topological polar surface area (TPSA) is 12.9 Å². The van der Waals surface area contributed by atoms with Gasteiger partial charge in [0.25, 0.3) is 0 Å². The summed E-state index contributed by atoms with van der Waals surface area (Å²) in [7, 11) is 0. The molecule has 0 radical (unpaired) electrons. The van der Waals surface area contributed by atoms with Crippen LogP contribution >= 0.6 is 0 Å². The number of aryl methyl sites for hydroxylation is 1. The van der Waals surface area contributed by atoms with Gasteiger partial charge < -0.3 is 0 Å². The minimum Gasteiger partial charge on any atom is -0.261 e. The smallest absolute Gasteiger partial charge is 0.0406 e. The van der Waals surface area contributed by atoms with Crippen molar-refractivity contribution in [3.63, 3.8) is 0 Å². The van der Waals surface area contributed by atoms with Crippen molar-refractivity contribution >= 4 is 0 Å². The van der Waals surface area contributed by atoms with Gasteiger partial charge in [0.1, 0.15) is 0 Å². The highest BCUT2D eigenvalue weighted by Crippen LogP contribution is 1.99. The Labute approximate surface area is 125 Å². The number of aromatic nitrogens is 1. The molecule has 0 aliphatic rings. The maximum Gasteiger partial charge on any atom is 0.0406 e. The van der Waals surface area contributed by atoms with Gasteiger partial charge in [-0.05, 0) is 38.3 Å².